The van der Waals surface area contributed by atoms with Crippen molar-refractivity contribution in [1.29, 1.82) is 0 Å². The van der Waals surface area contributed by atoms with E-state index in [4.69, 9.17) is 5.73 Å². The molecule has 0 aliphatic rings. The highest BCUT2D eigenvalue weighted by Gasteiger charge is 2.28. The summed E-state index contributed by atoms with van der Waals surface area (Å²) in [4.78, 5) is 22.0. The molecule has 116 valence electrons. The van der Waals surface area contributed by atoms with Gasteiger partial charge in [0.25, 0.3) is 0 Å². The van der Waals surface area contributed by atoms with Gasteiger partial charge in [0.1, 0.15) is 11.8 Å². The Balaban J connectivity index is 2.64. The number of urea groups is 1. The molecule has 0 fully saturated rings. The summed E-state index contributed by atoms with van der Waals surface area (Å²) in [5, 5.41) is 4.58. The minimum absolute atomic E-state index is 0.000153. The number of benzene rings is 1. The Morgan fingerprint density at radius 3 is 2.62 bits per heavy atom. The highest BCUT2D eigenvalue weighted by atomic mass is 19.4. The number of nitrogens with two attached hydrogens (primary N) is 1. The third kappa shape index (κ3) is 6.50. The van der Waals surface area contributed by atoms with Crippen molar-refractivity contribution < 1.29 is 27.5 Å². The minimum atomic E-state index is -4.43. The lowest BCUT2D eigenvalue weighted by molar-refractivity contribution is -0.153. The molecule has 3 amide bonds. The summed E-state index contributed by atoms with van der Waals surface area (Å²) < 4.78 is 40.7. The van der Waals surface area contributed by atoms with Crippen LogP contribution in [0.3, 0.4) is 0 Å². The van der Waals surface area contributed by atoms with Crippen molar-refractivity contribution in [3.8, 4) is 5.75 Å². The summed E-state index contributed by atoms with van der Waals surface area (Å²) in [6.07, 6.45) is -4.43. The number of primary amides is 1. The number of imide groups is 1. The quantitative estimate of drug-likeness (QED) is 0.770. The number of carbonyl (C=O) groups is 2. The molecular formula is C12H14F3N3O3. The van der Waals surface area contributed by atoms with E-state index >= 15 is 0 Å². The molecule has 0 unspecified atom stereocenters. The first-order valence-corrected chi connectivity index (χ1v) is 5.84. The Hall–Kier alpha value is -2.45. The number of carbonyl (C=O) groups excluding carboxylic acids is 2. The van der Waals surface area contributed by atoms with Gasteiger partial charge in [-0.3, -0.25) is 10.1 Å². The van der Waals surface area contributed by atoms with Crippen molar-refractivity contribution in [3.05, 3.63) is 24.3 Å². The van der Waals surface area contributed by atoms with Gasteiger partial charge >= 0.3 is 12.2 Å². The van der Waals surface area contributed by atoms with Gasteiger partial charge in [-0.1, -0.05) is 6.07 Å². The first-order chi connectivity index (χ1) is 9.67. The molecule has 0 spiro atoms. The van der Waals surface area contributed by atoms with Crippen LogP contribution in [0.25, 0.3) is 0 Å². The second-order valence-electron chi connectivity index (χ2n) is 4.15. The molecule has 1 aromatic carbocycles. The van der Waals surface area contributed by atoms with Crippen LogP contribution < -0.4 is 21.1 Å². The van der Waals surface area contributed by atoms with Crippen LogP contribution in [0.4, 0.5) is 23.7 Å². The van der Waals surface area contributed by atoms with Gasteiger partial charge in [0.05, 0.1) is 0 Å². The van der Waals surface area contributed by atoms with Gasteiger partial charge in [-0.2, -0.15) is 13.2 Å². The summed E-state index contributed by atoms with van der Waals surface area (Å²) in [6, 6.07) is 3.86. The van der Waals surface area contributed by atoms with Crippen LogP contribution >= 0.6 is 0 Å². The molecule has 1 rings (SSSR count). The van der Waals surface area contributed by atoms with E-state index in [2.05, 4.69) is 10.1 Å². The lowest BCUT2D eigenvalue weighted by atomic mass is 10.2. The number of anilines is 1. The first-order valence-electron chi connectivity index (χ1n) is 5.84. The minimum Gasteiger partial charge on any atom is -0.484 e. The topological polar surface area (TPSA) is 93.4 Å². The van der Waals surface area contributed by atoms with E-state index in [1.54, 1.807) is 0 Å². The van der Waals surface area contributed by atoms with E-state index in [0.717, 1.165) is 0 Å². The molecule has 4 N–H and O–H groups in total. The summed E-state index contributed by atoms with van der Waals surface area (Å²) in [5.74, 6) is -0.663. The first kappa shape index (κ1) is 16.6. The zero-order chi connectivity index (χ0) is 16.0. The van der Waals surface area contributed by atoms with E-state index < -0.39 is 30.8 Å². The molecule has 0 heterocycles. The van der Waals surface area contributed by atoms with Crippen molar-refractivity contribution in [2.75, 3.05) is 11.9 Å². The molecule has 0 aromatic heterocycles. The van der Waals surface area contributed by atoms with Crippen LogP contribution in [0.1, 0.15) is 6.92 Å². The SMILES string of the molecule is C[C@H](Nc1cccc(OCC(F)(F)F)c1)C(=O)NC(N)=O. The maximum Gasteiger partial charge on any atom is 0.422 e. The number of halogens is 3. The molecule has 0 bridgehead atoms. The predicted molar refractivity (Wildman–Crippen MR) is 68.8 cm³/mol. The van der Waals surface area contributed by atoms with Crippen molar-refractivity contribution >= 4 is 17.6 Å². The van der Waals surface area contributed by atoms with E-state index in [-0.39, 0.29) is 5.75 Å². The van der Waals surface area contributed by atoms with Gasteiger partial charge in [-0.15, -0.1) is 0 Å². The Labute approximate surface area is 118 Å². The number of hydrogen-bond acceptors (Lipinski definition) is 4. The van der Waals surface area contributed by atoms with Gasteiger partial charge in [0.15, 0.2) is 6.61 Å². The Kier molecular flexibility index (Phi) is 5.39. The largest absolute Gasteiger partial charge is 0.484 e. The zero-order valence-electron chi connectivity index (χ0n) is 11.0. The normalized spacial score (nSPS) is 12.4. The zero-order valence-corrected chi connectivity index (χ0v) is 11.0. The maximum atomic E-state index is 12.0. The lowest BCUT2D eigenvalue weighted by Crippen LogP contribution is -2.43. The van der Waals surface area contributed by atoms with E-state index in [1.165, 1.54) is 31.2 Å². The van der Waals surface area contributed by atoms with Crippen LogP contribution in [0.15, 0.2) is 24.3 Å². The maximum absolute atomic E-state index is 12.0. The van der Waals surface area contributed by atoms with Crippen molar-refractivity contribution in [2.45, 2.75) is 19.1 Å². The monoisotopic (exact) mass is 305 g/mol. The number of hydrogen-bond donors (Lipinski definition) is 3. The number of amides is 3. The fourth-order valence-corrected chi connectivity index (χ4v) is 1.39. The van der Waals surface area contributed by atoms with Crippen LogP contribution in [0.2, 0.25) is 0 Å². The van der Waals surface area contributed by atoms with Gasteiger partial charge in [-0.05, 0) is 19.1 Å². The fraction of sp³-hybridized carbons (Fsp3) is 0.333. The van der Waals surface area contributed by atoms with Crippen LogP contribution in [0.5, 0.6) is 5.75 Å². The molecule has 6 nitrogen and oxygen atoms in total. The molecule has 9 heteroatoms. The standard InChI is InChI=1S/C12H14F3N3O3/c1-7(10(19)18-11(16)20)17-8-3-2-4-9(5-8)21-6-12(13,14)15/h2-5,7,17H,6H2,1H3,(H3,16,18,19,20)/t7-/m0/s1. The number of rotatable bonds is 5. The predicted octanol–water partition coefficient (Wildman–Crippen LogP) is 1.62. The van der Waals surface area contributed by atoms with Gasteiger partial charge in [-0.25, -0.2) is 4.79 Å². The van der Waals surface area contributed by atoms with E-state index in [0.29, 0.717) is 5.69 Å². The Morgan fingerprint density at radius 1 is 1.38 bits per heavy atom. The molecule has 0 aliphatic carbocycles. The fourth-order valence-electron chi connectivity index (χ4n) is 1.39. The molecule has 21 heavy (non-hydrogen) atoms. The average molecular weight is 305 g/mol. The summed E-state index contributed by atoms with van der Waals surface area (Å²) in [7, 11) is 0. The molecule has 0 radical (unpaired) electrons. The Morgan fingerprint density at radius 2 is 2.05 bits per heavy atom. The second kappa shape index (κ2) is 6.82. The van der Waals surface area contributed by atoms with Crippen LogP contribution in [-0.2, 0) is 4.79 Å². The molecular weight excluding hydrogens is 291 g/mol. The average Bonchev–Trinajstić information content (AvgIpc) is 2.35. The third-order valence-electron chi connectivity index (χ3n) is 2.26. The van der Waals surface area contributed by atoms with E-state index in [1.807, 2.05) is 5.32 Å². The number of ether oxygens (including phenoxy) is 1. The van der Waals surface area contributed by atoms with Crippen molar-refractivity contribution in [3.63, 3.8) is 0 Å². The summed E-state index contributed by atoms with van der Waals surface area (Å²) >= 11 is 0. The molecule has 0 aliphatic heterocycles. The summed E-state index contributed by atoms with van der Waals surface area (Å²) in [6.45, 7) is 0.0513. The molecule has 0 saturated heterocycles. The van der Waals surface area contributed by atoms with Crippen LogP contribution in [-0.4, -0.2) is 30.8 Å². The van der Waals surface area contributed by atoms with Crippen molar-refractivity contribution in [2.24, 2.45) is 5.73 Å². The highest BCUT2D eigenvalue weighted by Crippen LogP contribution is 2.21. The highest BCUT2D eigenvalue weighted by molar-refractivity contribution is 5.97. The number of nitrogens with one attached hydrogen (secondary N) is 2. The van der Waals surface area contributed by atoms with Crippen LogP contribution in [0, 0.1) is 0 Å². The Bertz CT molecular complexity index is 520. The van der Waals surface area contributed by atoms with Gasteiger partial charge in [0.2, 0.25) is 5.91 Å². The third-order valence-corrected chi connectivity index (χ3v) is 2.26. The molecule has 1 aromatic rings. The smallest absolute Gasteiger partial charge is 0.422 e. The molecule has 1 atom stereocenters. The van der Waals surface area contributed by atoms with Gasteiger partial charge in [0, 0.05) is 11.8 Å². The summed E-state index contributed by atoms with van der Waals surface area (Å²) in [5.41, 5.74) is 5.17. The lowest BCUT2D eigenvalue weighted by Gasteiger charge is -2.15. The molecule has 0 saturated carbocycles. The second-order valence-corrected chi connectivity index (χ2v) is 4.15. The number of alkyl halides is 3. The van der Waals surface area contributed by atoms with Crippen molar-refractivity contribution in [1.82, 2.24) is 5.32 Å². The van der Waals surface area contributed by atoms with Gasteiger partial charge < -0.3 is 15.8 Å². The van der Waals surface area contributed by atoms with E-state index in [9.17, 15) is 22.8 Å².